The Balaban J connectivity index is 1.43. The summed E-state index contributed by atoms with van der Waals surface area (Å²) >= 11 is 0. The van der Waals surface area contributed by atoms with E-state index in [4.69, 9.17) is 9.51 Å². The molecule has 1 amide bonds. The van der Waals surface area contributed by atoms with Gasteiger partial charge in [-0.05, 0) is 38.2 Å². The van der Waals surface area contributed by atoms with Gasteiger partial charge in [-0.15, -0.1) is 0 Å². The second kappa shape index (κ2) is 9.00. The molecule has 0 unspecified atom stereocenters. The molecule has 31 heavy (non-hydrogen) atoms. The summed E-state index contributed by atoms with van der Waals surface area (Å²) in [4.78, 5) is 24.3. The van der Waals surface area contributed by atoms with Crippen LogP contribution in [0.2, 0.25) is 0 Å². The number of piperidine rings is 1. The van der Waals surface area contributed by atoms with Gasteiger partial charge in [-0.25, -0.2) is 9.97 Å². The van der Waals surface area contributed by atoms with Crippen molar-refractivity contribution in [2.45, 2.75) is 58.8 Å². The second-order valence-corrected chi connectivity index (χ2v) is 8.83. The number of likely N-dealkylation sites (tertiary alicyclic amines) is 1. The number of hydrogen-bond donors (Lipinski definition) is 0. The van der Waals surface area contributed by atoms with E-state index in [-0.39, 0.29) is 17.7 Å². The Labute approximate surface area is 183 Å². The maximum atomic E-state index is 12.7. The highest BCUT2D eigenvalue weighted by Crippen LogP contribution is 2.31. The highest BCUT2D eigenvalue weighted by atomic mass is 16.5. The topological polar surface area (TPSA) is 72.1 Å². The van der Waals surface area contributed by atoms with Gasteiger partial charge in [0.1, 0.15) is 5.82 Å². The Morgan fingerprint density at radius 2 is 1.87 bits per heavy atom. The second-order valence-electron chi connectivity index (χ2n) is 8.83. The third-order valence-corrected chi connectivity index (χ3v) is 5.97. The summed E-state index contributed by atoms with van der Waals surface area (Å²) in [5, 5.41) is 4.00. The molecule has 2 aromatic heterocycles. The lowest BCUT2D eigenvalue weighted by Crippen LogP contribution is -2.39. The van der Waals surface area contributed by atoms with Crippen LogP contribution in [-0.2, 0) is 11.2 Å². The Hall–Kier alpha value is -3.02. The number of carbonyl (C=O) groups is 1. The molecule has 0 atom stereocenters. The van der Waals surface area contributed by atoms with Crippen LogP contribution in [-0.4, -0.2) is 39.0 Å². The van der Waals surface area contributed by atoms with E-state index < -0.39 is 0 Å². The van der Waals surface area contributed by atoms with E-state index in [0.29, 0.717) is 12.2 Å². The lowest BCUT2D eigenvalue weighted by Gasteiger charge is -2.31. The normalized spacial score (nSPS) is 14.9. The van der Waals surface area contributed by atoms with Gasteiger partial charge in [0.2, 0.25) is 5.91 Å². The predicted octanol–water partition coefficient (Wildman–Crippen LogP) is 4.82. The fraction of sp³-hybridized carbons (Fsp3) is 0.440. The van der Waals surface area contributed by atoms with Crippen molar-refractivity contribution < 1.29 is 9.32 Å². The molecule has 4 rings (SSSR count). The van der Waals surface area contributed by atoms with Gasteiger partial charge in [-0.2, -0.15) is 0 Å². The van der Waals surface area contributed by atoms with Crippen LogP contribution in [0.25, 0.3) is 11.3 Å². The van der Waals surface area contributed by atoms with E-state index in [1.807, 2.05) is 36.2 Å². The van der Waals surface area contributed by atoms with Gasteiger partial charge in [-0.3, -0.25) is 4.79 Å². The molecule has 0 saturated carbocycles. The minimum absolute atomic E-state index is 0.196. The molecule has 0 radical (unpaired) electrons. The molecule has 1 saturated heterocycles. The molecule has 0 N–H and O–H groups in total. The van der Waals surface area contributed by atoms with Crippen molar-refractivity contribution in [2.75, 3.05) is 13.1 Å². The van der Waals surface area contributed by atoms with Gasteiger partial charge < -0.3 is 9.42 Å². The smallest absolute Gasteiger partial charge is 0.226 e. The Bertz CT molecular complexity index is 1050. The zero-order valence-electron chi connectivity index (χ0n) is 18.8. The van der Waals surface area contributed by atoms with Crippen molar-refractivity contribution >= 4 is 5.91 Å². The van der Waals surface area contributed by atoms with Gasteiger partial charge in [0.25, 0.3) is 0 Å². The monoisotopic (exact) mass is 418 g/mol. The number of benzene rings is 1. The molecule has 3 aromatic rings. The molecule has 1 aliphatic rings. The zero-order valence-corrected chi connectivity index (χ0v) is 18.8. The van der Waals surface area contributed by atoms with Gasteiger partial charge >= 0.3 is 0 Å². The van der Waals surface area contributed by atoms with Crippen molar-refractivity contribution in [1.82, 2.24) is 20.0 Å². The van der Waals surface area contributed by atoms with Crippen LogP contribution >= 0.6 is 0 Å². The minimum atomic E-state index is 0.196. The van der Waals surface area contributed by atoms with Crippen LogP contribution in [0.1, 0.15) is 66.9 Å². The van der Waals surface area contributed by atoms with Crippen LogP contribution in [0, 0.1) is 13.8 Å². The molecule has 0 spiro atoms. The average molecular weight is 419 g/mol. The van der Waals surface area contributed by atoms with Crippen LogP contribution < -0.4 is 0 Å². The molecule has 0 bridgehead atoms. The van der Waals surface area contributed by atoms with Gasteiger partial charge in [0.15, 0.2) is 5.76 Å². The number of aryl methyl sites for hydroxylation is 2. The highest BCUT2D eigenvalue weighted by molar-refractivity contribution is 5.78. The lowest BCUT2D eigenvalue weighted by atomic mass is 9.94. The Morgan fingerprint density at radius 1 is 1.16 bits per heavy atom. The Kier molecular flexibility index (Phi) is 6.16. The first-order chi connectivity index (χ1) is 14.9. The van der Waals surface area contributed by atoms with Crippen molar-refractivity contribution in [3.05, 3.63) is 64.9 Å². The van der Waals surface area contributed by atoms with Crippen LogP contribution in [0.5, 0.6) is 0 Å². The molecule has 3 heterocycles. The van der Waals surface area contributed by atoms with Crippen molar-refractivity contribution in [3.8, 4) is 11.3 Å². The van der Waals surface area contributed by atoms with Crippen LogP contribution in [0.3, 0.4) is 0 Å². The number of amides is 1. The van der Waals surface area contributed by atoms with Crippen LogP contribution in [0.15, 0.2) is 41.1 Å². The fourth-order valence-corrected chi connectivity index (χ4v) is 4.11. The molecule has 1 aliphatic heterocycles. The summed E-state index contributed by atoms with van der Waals surface area (Å²) in [5.74, 6) is 2.30. The standard InChI is InChI=1S/C25H30N4O2/c1-16(2)24-21(22-13-18(4)28-31-22)15-26-25(27-24)20-9-11-29(12-10-20)23(30)14-19-7-5-17(3)6-8-19/h5-8,13,15-16,20H,9-12,14H2,1-4H3. The van der Waals surface area contributed by atoms with Crippen molar-refractivity contribution in [3.63, 3.8) is 0 Å². The maximum absolute atomic E-state index is 12.7. The summed E-state index contributed by atoms with van der Waals surface area (Å²) < 4.78 is 5.45. The minimum Gasteiger partial charge on any atom is -0.356 e. The summed E-state index contributed by atoms with van der Waals surface area (Å²) in [6.45, 7) is 9.72. The summed E-state index contributed by atoms with van der Waals surface area (Å²) in [6.07, 6.45) is 4.10. The maximum Gasteiger partial charge on any atom is 0.226 e. The van der Waals surface area contributed by atoms with Crippen molar-refractivity contribution in [2.24, 2.45) is 0 Å². The first-order valence-electron chi connectivity index (χ1n) is 11.0. The molecular weight excluding hydrogens is 388 g/mol. The lowest BCUT2D eigenvalue weighted by molar-refractivity contribution is -0.131. The number of rotatable bonds is 5. The quantitative estimate of drug-likeness (QED) is 0.594. The first kappa shape index (κ1) is 21.2. The number of nitrogens with zero attached hydrogens (tertiary/aromatic N) is 4. The molecule has 1 aromatic carbocycles. The van der Waals surface area contributed by atoms with E-state index in [1.54, 1.807) is 0 Å². The molecule has 6 heteroatoms. The van der Waals surface area contributed by atoms with Gasteiger partial charge in [-0.1, -0.05) is 48.8 Å². The summed E-state index contributed by atoms with van der Waals surface area (Å²) in [6, 6.07) is 10.1. The van der Waals surface area contributed by atoms with Gasteiger partial charge in [0.05, 0.1) is 23.4 Å². The molecule has 0 aliphatic carbocycles. The zero-order chi connectivity index (χ0) is 22.0. The summed E-state index contributed by atoms with van der Waals surface area (Å²) in [7, 11) is 0. The van der Waals surface area contributed by atoms with E-state index in [9.17, 15) is 4.79 Å². The first-order valence-corrected chi connectivity index (χ1v) is 11.0. The van der Waals surface area contributed by atoms with Crippen molar-refractivity contribution in [1.29, 1.82) is 0 Å². The highest BCUT2D eigenvalue weighted by Gasteiger charge is 2.27. The van der Waals surface area contributed by atoms with E-state index >= 15 is 0 Å². The number of aromatic nitrogens is 3. The molecular formula is C25H30N4O2. The SMILES string of the molecule is Cc1ccc(CC(=O)N2CCC(c3ncc(-c4cc(C)no4)c(C(C)C)n3)CC2)cc1. The third-order valence-electron chi connectivity index (χ3n) is 5.97. The molecule has 1 fully saturated rings. The fourth-order valence-electron chi connectivity index (χ4n) is 4.11. The average Bonchev–Trinajstić information content (AvgIpc) is 3.21. The van der Waals surface area contributed by atoms with E-state index in [2.05, 4.69) is 43.0 Å². The third kappa shape index (κ3) is 4.84. The summed E-state index contributed by atoms with van der Waals surface area (Å²) in [5.41, 5.74) is 5.02. The van der Waals surface area contributed by atoms with E-state index in [1.165, 1.54) is 5.56 Å². The van der Waals surface area contributed by atoms with Gasteiger partial charge in [0, 0.05) is 31.3 Å². The number of hydrogen-bond acceptors (Lipinski definition) is 5. The molecule has 162 valence electrons. The largest absolute Gasteiger partial charge is 0.356 e. The number of carbonyl (C=O) groups excluding carboxylic acids is 1. The Morgan fingerprint density at radius 3 is 2.48 bits per heavy atom. The predicted molar refractivity (Wildman–Crippen MR) is 120 cm³/mol. The van der Waals surface area contributed by atoms with E-state index in [0.717, 1.165) is 54.3 Å². The molecule has 6 nitrogen and oxygen atoms in total. The van der Waals surface area contributed by atoms with Crippen LogP contribution in [0.4, 0.5) is 0 Å².